The van der Waals surface area contributed by atoms with Crippen LogP contribution in [0.3, 0.4) is 0 Å². The minimum atomic E-state index is -0.110. The van der Waals surface area contributed by atoms with E-state index in [4.69, 9.17) is 12.2 Å². The Hall–Kier alpha value is -1.91. The van der Waals surface area contributed by atoms with Crippen molar-refractivity contribution in [1.82, 2.24) is 25.0 Å². The molecule has 1 amide bonds. The maximum atomic E-state index is 12.2. The van der Waals surface area contributed by atoms with Gasteiger partial charge in [0.25, 0.3) is 0 Å². The second kappa shape index (κ2) is 9.15. The number of hydrogen-bond donors (Lipinski definition) is 2. The minimum Gasteiger partial charge on any atom is -0.300 e. The third-order valence-electron chi connectivity index (χ3n) is 3.77. The molecule has 138 valence electrons. The van der Waals surface area contributed by atoms with Crippen LogP contribution in [-0.4, -0.2) is 30.9 Å². The molecule has 0 bridgehead atoms. The fourth-order valence-electron chi connectivity index (χ4n) is 2.45. The first-order valence-corrected chi connectivity index (χ1v) is 10.6. The fraction of sp³-hybridized carbons (Fsp3) is 0.438. The van der Waals surface area contributed by atoms with Gasteiger partial charge in [-0.15, -0.1) is 21.5 Å². The smallest absolute Gasteiger partial charge is 0.227 e. The highest BCUT2D eigenvalue weighted by Gasteiger charge is 2.13. The van der Waals surface area contributed by atoms with Crippen LogP contribution in [0.2, 0.25) is 0 Å². The number of H-pyrrole nitrogens is 1. The highest BCUT2D eigenvalue weighted by molar-refractivity contribution is 7.71. The molecule has 3 aromatic rings. The average Bonchev–Trinajstić information content (AvgIpc) is 3.35. The van der Waals surface area contributed by atoms with Gasteiger partial charge in [0.05, 0.1) is 4.88 Å². The van der Waals surface area contributed by atoms with Crippen molar-refractivity contribution >= 4 is 45.9 Å². The van der Waals surface area contributed by atoms with Crippen LogP contribution in [0.4, 0.5) is 5.13 Å². The lowest BCUT2D eigenvalue weighted by Gasteiger charge is -2.05. The van der Waals surface area contributed by atoms with Gasteiger partial charge in [0.2, 0.25) is 11.0 Å². The molecule has 0 atom stereocenters. The van der Waals surface area contributed by atoms with Gasteiger partial charge in [-0.1, -0.05) is 37.2 Å². The van der Waals surface area contributed by atoms with E-state index in [1.807, 2.05) is 22.1 Å². The summed E-state index contributed by atoms with van der Waals surface area (Å²) in [6.07, 6.45) is 4.65. The maximum absolute atomic E-state index is 12.2. The summed E-state index contributed by atoms with van der Waals surface area (Å²) in [4.78, 5) is 13.3. The lowest BCUT2D eigenvalue weighted by Crippen LogP contribution is -2.15. The number of anilines is 1. The molecule has 7 nitrogen and oxygen atoms in total. The maximum Gasteiger partial charge on any atom is 0.227 e. The van der Waals surface area contributed by atoms with E-state index < -0.39 is 0 Å². The van der Waals surface area contributed by atoms with Gasteiger partial charge in [-0.3, -0.25) is 14.5 Å². The van der Waals surface area contributed by atoms with E-state index in [-0.39, 0.29) is 12.3 Å². The number of nitrogens with zero attached hydrogens (tertiary/aromatic N) is 4. The molecule has 0 aliphatic rings. The van der Waals surface area contributed by atoms with Crippen LogP contribution in [0.5, 0.6) is 0 Å². The highest BCUT2D eigenvalue weighted by Crippen LogP contribution is 2.23. The zero-order valence-electron chi connectivity index (χ0n) is 14.4. The molecule has 0 saturated heterocycles. The Morgan fingerprint density at radius 1 is 1.38 bits per heavy atom. The van der Waals surface area contributed by atoms with Crippen LogP contribution in [0.15, 0.2) is 17.5 Å². The van der Waals surface area contributed by atoms with E-state index in [2.05, 4.69) is 32.6 Å². The van der Waals surface area contributed by atoms with Gasteiger partial charge in [0.15, 0.2) is 10.6 Å². The molecule has 0 aliphatic heterocycles. The monoisotopic (exact) mass is 408 g/mol. The van der Waals surface area contributed by atoms with Gasteiger partial charge in [-0.05, 0) is 30.1 Å². The topological polar surface area (TPSA) is 88.5 Å². The first-order valence-electron chi connectivity index (χ1n) is 8.48. The fourth-order valence-corrected chi connectivity index (χ4v) is 4.19. The molecule has 0 unspecified atom stereocenters. The van der Waals surface area contributed by atoms with Crippen molar-refractivity contribution in [2.24, 2.45) is 0 Å². The molecule has 26 heavy (non-hydrogen) atoms. The van der Waals surface area contributed by atoms with Gasteiger partial charge in [0, 0.05) is 19.4 Å². The van der Waals surface area contributed by atoms with Crippen LogP contribution in [-0.2, 0) is 17.8 Å². The molecule has 2 N–H and O–H groups in total. The largest absolute Gasteiger partial charge is 0.300 e. The van der Waals surface area contributed by atoms with Crippen LogP contribution in [0.25, 0.3) is 10.7 Å². The Morgan fingerprint density at radius 2 is 2.27 bits per heavy atom. The third kappa shape index (κ3) is 4.83. The summed E-state index contributed by atoms with van der Waals surface area (Å²) in [6, 6.07) is 3.94. The molecule has 0 aromatic carbocycles. The molecule has 3 heterocycles. The van der Waals surface area contributed by atoms with Gasteiger partial charge >= 0.3 is 0 Å². The minimum absolute atomic E-state index is 0.110. The number of aryl methyl sites for hydroxylation is 1. The first kappa shape index (κ1) is 18.9. The van der Waals surface area contributed by atoms with Crippen LogP contribution >= 0.6 is 34.9 Å². The summed E-state index contributed by atoms with van der Waals surface area (Å²) in [6.45, 7) is 2.62. The van der Waals surface area contributed by atoms with Crippen molar-refractivity contribution in [1.29, 1.82) is 0 Å². The summed E-state index contributed by atoms with van der Waals surface area (Å²) in [5.74, 6) is 0.647. The molecular weight excluding hydrogens is 388 g/mol. The average molecular weight is 409 g/mol. The summed E-state index contributed by atoms with van der Waals surface area (Å²) in [7, 11) is 0. The number of rotatable bonds is 9. The van der Waals surface area contributed by atoms with Crippen LogP contribution in [0, 0.1) is 4.77 Å². The second-order valence-electron chi connectivity index (χ2n) is 5.74. The van der Waals surface area contributed by atoms with Crippen LogP contribution < -0.4 is 5.32 Å². The van der Waals surface area contributed by atoms with Crippen molar-refractivity contribution in [3.63, 3.8) is 0 Å². The SMILES string of the molecule is CCCCCc1nnc(NC(=O)CCn2c(-c3cccs3)n[nH]c2=S)s1. The van der Waals surface area contributed by atoms with E-state index in [1.165, 1.54) is 24.2 Å². The normalized spacial score (nSPS) is 11.0. The van der Waals surface area contributed by atoms with Crippen molar-refractivity contribution in [2.45, 2.75) is 45.6 Å². The highest BCUT2D eigenvalue weighted by atomic mass is 32.1. The zero-order valence-corrected chi connectivity index (χ0v) is 16.8. The number of aromatic amines is 1. The van der Waals surface area contributed by atoms with Crippen LogP contribution in [0.1, 0.15) is 37.6 Å². The number of hydrogen-bond acceptors (Lipinski definition) is 7. The molecule has 0 fully saturated rings. The number of carbonyl (C=O) groups excluding carboxylic acids is 1. The third-order valence-corrected chi connectivity index (χ3v) is 5.85. The molecule has 0 saturated carbocycles. The van der Waals surface area contributed by atoms with E-state index in [0.717, 1.165) is 28.6 Å². The van der Waals surface area contributed by atoms with E-state index in [0.29, 0.717) is 16.4 Å². The number of nitrogens with one attached hydrogen (secondary N) is 2. The zero-order chi connectivity index (χ0) is 18.4. The molecule has 3 aromatic heterocycles. The predicted molar refractivity (Wildman–Crippen MR) is 107 cm³/mol. The van der Waals surface area contributed by atoms with Gasteiger partial charge in [0.1, 0.15) is 5.01 Å². The number of unbranched alkanes of at least 4 members (excludes halogenated alkanes) is 2. The Balaban J connectivity index is 1.55. The summed E-state index contributed by atoms with van der Waals surface area (Å²) >= 11 is 8.31. The van der Waals surface area contributed by atoms with Gasteiger partial charge in [-0.25, -0.2) is 0 Å². The number of carbonyl (C=O) groups is 1. The lowest BCUT2D eigenvalue weighted by molar-refractivity contribution is -0.116. The van der Waals surface area contributed by atoms with Gasteiger partial charge in [-0.2, -0.15) is 5.10 Å². The molecular formula is C16H20N6OS3. The molecule has 10 heteroatoms. The molecule has 3 rings (SSSR count). The number of amides is 1. The Kier molecular flexibility index (Phi) is 6.64. The van der Waals surface area contributed by atoms with Crippen molar-refractivity contribution in [3.05, 3.63) is 27.3 Å². The summed E-state index contributed by atoms with van der Waals surface area (Å²) < 4.78 is 2.35. The lowest BCUT2D eigenvalue weighted by atomic mass is 10.2. The van der Waals surface area contributed by atoms with E-state index in [9.17, 15) is 4.79 Å². The Labute approximate surface area is 164 Å². The first-order chi connectivity index (χ1) is 12.7. The van der Waals surface area contributed by atoms with E-state index >= 15 is 0 Å². The Morgan fingerprint density at radius 3 is 3.04 bits per heavy atom. The quantitative estimate of drug-likeness (QED) is 0.407. The molecule has 0 radical (unpaired) electrons. The summed E-state index contributed by atoms with van der Waals surface area (Å²) in [5.41, 5.74) is 0. The number of aromatic nitrogens is 5. The standard InChI is InChI=1S/C16H20N6OS3/c1-2-3-4-7-13-18-20-15(26-13)17-12(23)8-9-22-14(19-21-16(22)24)11-6-5-10-25-11/h5-6,10H,2-4,7-9H2,1H3,(H,21,24)(H,17,20,23). The van der Waals surface area contributed by atoms with Gasteiger partial charge < -0.3 is 5.32 Å². The van der Waals surface area contributed by atoms with Crippen molar-refractivity contribution < 1.29 is 4.79 Å². The van der Waals surface area contributed by atoms with Crippen molar-refractivity contribution in [2.75, 3.05) is 5.32 Å². The second-order valence-corrected chi connectivity index (χ2v) is 8.13. The molecule has 0 aliphatic carbocycles. The van der Waals surface area contributed by atoms with E-state index in [1.54, 1.807) is 11.3 Å². The predicted octanol–water partition coefficient (Wildman–Crippen LogP) is 4.28. The summed E-state index contributed by atoms with van der Waals surface area (Å²) in [5, 5.41) is 21.6. The van der Waals surface area contributed by atoms with Crippen molar-refractivity contribution in [3.8, 4) is 10.7 Å². The Bertz CT molecular complexity index is 895. The number of thiophene rings is 1. The molecule has 0 spiro atoms.